The predicted molar refractivity (Wildman–Crippen MR) is 148 cm³/mol. The van der Waals surface area contributed by atoms with Gasteiger partial charge in [-0.15, -0.1) is 0 Å². The van der Waals surface area contributed by atoms with Gasteiger partial charge in [-0.25, -0.2) is 17.9 Å². The van der Waals surface area contributed by atoms with E-state index in [-0.39, 0.29) is 17.7 Å². The van der Waals surface area contributed by atoms with Crippen LogP contribution >= 0.6 is 0 Å². The molecule has 1 fully saturated rings. The fourth-order valence-corrected chi connectivity index (χ4v) is 5.56. The van der Waals surface area contributed by atoms with E-state index in [1.165, 1.54) is 9.87 Å². The van der Waals surface area contributed by atoms with Crippen molar-refractivity contribution in [3.05, 3.63) is 94.5 Å². The van der Waals surface area contributed by atoms with Gasteiger partial charge in [0.15, 0.2) is 11.2 Å². The van der Waals surface area contributed by atoms with Gasteiger partial charge in [0.05, 0.1) is 34.2 Å². The fourth-order valence-electron chi connectivity index (χ4n) is 4.51. The third-order valence-electron chi connectivity index (χ3n) is 6.51. The minimum absolute atomic E-state index is 0.0916. The van der Waals surface area contributed by atoms with Gasteiger partial charge in [0.1, 0.15) is 12.2 Å². The molecule has 1 aromatic heterocycles. The van der Waals surface area contributed by atoms with Crippen LogP contribution in [0.3, 0.4) is 0 Å². The van der Waals surface area contributed by atoms with E-state index < -0.39 is 17.3 Å². The first-order chi connectivity index (χ1) is 18.5. The van der Waals surface area contributed by atoms with E-state index >= 15 is 0 Å². The Bertz CT molecular complexity index is 1570. The average Bonchev–Trinajstić information content (AvgIpc) is 3.37. The van der Waals surface area contributed by atoms with Crippen molar-refractivity contribution in [2.75, 3.05) is 23.1 Å². The highest BCUT2D eigenvalue weighted by Crippen LogP contribution is 2.28. The number of halogens is 1. The number of anilines is 3. The second-order valence-corrected chi connectivity index (χ2v) is 10.4. The molecule has 2 atom stereocenters. The summed E-state index contributed by atoms with van der Waals surface area (Å²) in [5, 5.41) is 13.5. The number of aromatic nitrogens is 2. The third-order valence-corrected chi connectivity index (χ3v) is 7.71. The van der Waals surface area contributed by atoms with Crippen LogP contribution in [0.25, 0.3) is 10.9 Å². The summed E-state index contributed by atoms with van der Waals surface area (Å²) >= 11 is -1.66. The molecule has 1 aliphatic rings. The van der Waals surface area contributed by atoms with E-state index in [1.807, 2.05) is 18.2 Å². The van der Waals surface area contributed by atoms with Gasteiger partial charge in [0, 0.05) is 25.3 Å². The van der Waals surface area contributed by atoms with Gasteiger partial charge in [0.25, 0.3) is 5.56 Å². The summed E-state index contributed by atoms with van der Waals surface area (Å²) in [5.74, 6) is 0. The zero-order valence-electron chi connectivity index (χ0n) is 20.6. The van der Waals surface area contributed by atoms with Gasteiger partial charge >= 0.3 is 0 Å². The molecule has 5 rings (SSSR count). The lowest BCUT2D eigenvalue weighted by atomic mass is 10.1. The second-order valence-electron chi connectivity index (χ2n) is 9.15. The number of nitrogens with zero attached hydrogens (tertiary/aromatic N) is 4. The molecular formula is C28H27FN6O2S. The molecule has 194 valence electrons. The van der Waals surface area contributed by atoms with Crippen LogP contribution in [0.4, 0.5) is 21.5 Å². The first-order valence-corrected chi connectivity index (χ1v) is 13.5. The minimum Gasteiger partial charge on any atom is -0.354 e. The number of nitrogens with one attached hydrogen (secondary N) is 2. The Hall–Kier alpha value is -4.07. The number of nitriles is 1. The maximum Gasteiger partial charge on any atom is 0.261 e. The quantitative estimate of drug-likeness (QED) is 0.327. The summed E-state index contributed by atoms with van der Waals surface area (Å²) < 4.78 is 32.1. The molecular weight excluding hydrogens is 503 g/mol. The summed E-state index contributed by atoms with van der Waals surface area (Å²) in [4.78, 5) is 17.6. The standard InChI is InChI=1S/C28H27FN6O2S/c29-21-13-15-35(18-21)38(37)33-27-10-4-9-26(24(27)17-30)32-22-11-12-25-23(16-22)28(36)34(19-31-25)14-5-8-20-6-2-1-3-7-20/h1-4,6-7,9-12,16,19,21,32-33H,5,8,13-15,18H2/t21-,38?/m1/s1. The summed E-state index contributed by atoms with van der Waals surface area (Å²) in [6.07, 6.45) is 2.60. The van der Waals surface area contributed by atoms with Crippen LogP contribution in [0.15, 0.2) is 77.9 Å². The number of aryl methyl sites for hydroxylation is 2. The van der Waals surface area contributed by atoms with Gasteiger partial charge < -0.3 is 5.32 Å². The lowest BCUT2D eigenvalue weighted by molar-refractivity contribution is 0.347. The largest absolute Gasteiger partial charge is 0.354 e. The van der Waals surface area contributed by atoms with Gasteiger partial charge in [-0.1, -0.05) is 36.4 Å². The SMILES string of the molecule is N#Cc1c(Nc2ccc3ncn(CCCc4ccccc4)c(=O)c3c2)cccc1NS(=O)N1CC[C@@H](F)C1. The van der Waals surface area contributed by atoms with Crippen LogP contribution in [-0.2, 0) is 24.1 Å². The van der Waals surface area contributed by atoms with Gasteiger partial charge in [-0.3, -0.25) is 14.1 Å². The zero-order valence-corrected chi connectivity index (χ0v) is 21.5. The van der Waals surface area contributed by atoms with E-state index in [0.29, 0.717) is 47.5 Å². The fraction of sp³-hybridized carbons (Fsp3) is 0.250. The summed E-state index contributed by atoms with van der Waals surface area (Å²) in [6, 6.07) is 22.7. The van der Waals surface area contributed by atoms with E-state index in [1.54, 1.807) is 47.3 Å². The number of hydrogen-bond acceptors (Lipinski definition) is 5. The monoisotopic (exact) mass is 530 g/mol. The normalized spacial score (nSPS) is 16.3. The third kappa shape index (κ3) is 5.74. The molecule has 0 amide bonds. The van der Waals surface area contributed by atoms with E-state index in [4.69, 9.17) is 0 Å². The molecule has 0 aliphatic carbocycles. The Labute approximate surface area is 222 Å². The lowest BCUT2D eigenvalue weighted by Crippen LogP contribution is -2.28. The molecule has 38 heavy (non-hydrogen) atoms. The molecule has 1 unspecified atom stereocenters. The lowest BCUT2D eigenvalue weighted by Gasteiger charge is -2.17. The van der Waals surface area contributed by atoms with Crippen LogP contribution in [-0.4, -0.2) is 37.3 Å². The molecule has 1 aliphatic heterocycles. The molecule has 0 bridgehead atoms. The molecule has 0 spiro atoms. The van der Waals surface area contributed by atoms with Gasteiger partial charge in [0.2, 0.25) is 0 Å². The van der Waals surface area contributed by atoms with E-state index in [2.05, 4.69) is 33.2 Å². The molecule has 3 aromatic carbocycles. The number of fused-ring (bicyclic) bond motifs is 1. The molecule has 4 aromatic rings. The highest BCUT2D eigenvalue weighted by molar-refractivity contribution is 7.84. The first kappa shape index (κ1) is 25.6. The Morgan fingerprint density at radius 3 is 2.68 bits per heavy atom. The number of alkyl halides is 1. The van der Waals surface area contributed by atoms with E-state index in [0.717, 1.165) is 12.8 Å². The second kappa shape index (κ2) is 11.5. The van der Waals surface area contributed by atoms with Crippen LogP contribution in [0.2, 0.25) is 0 Å². The maximum absolute atomic E-state index is 13.5. The highest BCUT2D eigenvalue weighted by atomic mass is 32.2. The highest BCUT2D eigenvalue weighted by Gasteiger charge is 2.26. The van der Waals surface area contributed by atoms with Crippen LogP contribution in [0.1, 0.15) is 24.0 Å². The van der Waals surface area contributed by atoms with Crippen molar-refractivity contribution in [2.45, 2.75) is 32.0 Å². The Balaban J connectivity index is 1.34. The molecule has 8 nitrogen and oxygen atoms in total. The van der Waals surface area contributed by atoms with Gasteiger partial charge in [-0.2, -0.15) is 5.26 Å². The average molecular weight is 531 g/mol. The van der Waals surface area contributed by atoms with Crippen LogP contribution < -0.4 is 15.6 Å². The Morgan fingerprint density at radius 2 is 1.92 bits per heavy atom. The molecule has 0 saturated carbocycles. The zero-order chi connectivity index (χ0) is 26.5. The summed E-state index contributed by atoms with van der Waals surface area (Å²) in [5.41, 5.74) is 3.43. The maximum atomic E-state index is 13.5. The molecule has 0 radical (unpaired) electrons. The van der Waals surface area contributed by atoms with Crippen molar-refractivity contribution < 1.29 is 8.60 Å². The molecule has 2 N–H and O–H groups in total. The predicted octanol–water partition coefficient (Wildman–Crippen LogP) is 4.68. The topological polar surface area (TPSA) is 103 Å². The van der Waals surface area contributed by atoms with Crippen molar-refractivity contribution in [2.24, 2.45) is 0 Å². The smallest absolute Gasteiger partial charge is 0.261 e. The molecule has 2 heterocycles. The summed E-state index contributed by atoms with van der Waals surface area (Å²) in [6.45, 7) is 1.03. The van der Waals surface area contributed by atoms with Crippen molar-refractivity contribution in [3.63, 3.8) is 0 Å². The first-order valence-electron chi connectivity index (χ1n) is 12.4. The number of hydrogen-bond donors (Lipinski definition) is 2. The molecule has 10 heteroatoms. The number of benzene rings is 3. The van der Waals surface area contributed by atoms with Crippen molar-refractivity contribution >= 4 is 39.1 Å². The minimum atomic E-state index is -1.66. The Morgan fingerprint density at radius 1 is 1.11 bits per heavy atom. The molecule has 1 saturated heterocycles. The summed E-state index contributed by atoms with van der Waals surface area (Å²) in [7, 11) is 0. The van der Waals surface area contributed by atoms with Crippen molar-refractivity contribution in [1.82, 2.24) is 13.9 Å². The van der Waals surface area contributed by atoms with E-state index in [9.17, 15) is 18.7 Å². The van der Waals surface area contributed by atoms with Crippen LogP contribution in [0.5, 0.6) is 0 Å². The number of rotatable bonds is 9. The van der Waals surface area contributed by atoms with Crippen molar-refractivity contribution in [3.8, 4) is 6.07 Å². The van der Waals surface area contributed by atoms with Gasteiger partial charge in [-0.05, 0) is 55.2 Å². The van der Waals surface area contributed by atoms with Crippen LogP contribution in [0, 0.1) is 11.3 Å². The van der Waals surface area contributed by atoms with Crippen molar-refractivity contribution in [1.29, 1.82) is 5.26 Å². The Kier molecular flexibility index (Phi) is 7.77.